The van der Waals surface area contributed by atoms with Crippen LogP contribution in [0.1, 0.15) is 0 Å². The van der Waals surface area contributed by atoms with E-state index in [1.54, 1.807) is 42.5 Å². The Kier molecular flexibility index (Phi) is 4.59. The molecule has 0 N–H and O–H groups in total. The topological polar surface area (TPSA) is 73.2 Å². The third-order valence-electron chi connectivity index (χ3n) is 4.79. The molecule has 0 aliphatic heterocycles. The number of nitrogens with zero attached hydrogens (tertiary/aromatic N) is 1. The quantitative estimate of drug-likeness (QED) is 0.493. The van der Waals surface area contributed by atoms with Crippen LogP contribution in [0.4, 0.5) is 0 Å². The van der Waals surface area contributed by atoms with Crippen molar-refractivity contribution in [3.8, 4) is 16.9 Å². The largest absolute Gasteiger partial charge is 0.309 e. The van der Waals surface area contributed by atoms with E-state index in [0.717, 1.165) is 27.8 Å². The average molecular weight is 426 g/mol. The van der Waals surface area contributed by atoms with E-state index in [9.17, 15) is 16.8 Å². The molecule has 3 aromatic carbocycles. The monoisotopic (exact) mass is 425 g/mol. The van der Waals surface area contributed by atoms with E-state index >= 15 is 0 Å². The standard InChI is InChI=1S/C22H19NO4S2/c1-28(24,25)19-10-8-16(9-11-19)22-15-17-14-20(29(2,26)27)12-13-21(17)23(22)18-6-4-3-5-7-18/h3-15H,1-2H3. The highest BCUT2D eigenvalue weighted by Gasteiger charge is 2.16. The lowest BCUT2D eigenvalue weighted by Crippen LogP contribution is -1.99. The second-order valence-electron chi connectivity index (χ2n) is 6.99. The zero-order valence-electron chi connectivity index (χ0n) is 15.9. The number of sulfone groups is 2. The molecule has 4 rings (SSSR count). The predicted octanol–water partition coefficient (Wildman–Crippen LogP) is 4.10. The van der Waals surface area contributed by atoms with Crippen molar-refractivity contribution in [2.75, 3.05) is 12.5 Å². The summed E-state index contributed by atoms with van der Waals surface area (Å²) in [5.41, 5.74) is 3.47. The minimum atomic E-state index is -3.33. The number of benzene rings is 3. The van der Waals surface area contributed by atoms with Gasteiger partial charge in [-0.3, -0.25) is 0 Å². The molecule has 0 saturated carbocycles. The lowest BCUT2D eigenvalue weighted by atomic mass is 10.1. The lowest BCUT2D eigenvalue weighted by molar-refractivity contribution is 0.600. The number of para-hydroxylation sites is 1. The molecule has 0 saturated heterocycles. The Bertz CT molecular complexity index is 1420. The fourth-order valence-corrected chi connectivity index (χ4v) is 4.65. The summed E-state index contributed by atoms with van der Waals surface area (Å²) >= 11 is 0. The molecule has 0 amide bonds. The molecule has 148 valence electrons. The van der Waals surface area contributed by atoms with E-state index in [4.69, 9.17) is 0 Å². The van der Waals surface area contributed by atoms with Gasteiger partial charge in [0.05, 0.1) is 21.0 Å². The van der Waals surface area contributed by atoms with E-state index in [1.165, 1.54) is 12.5 Å². The molecular weight excluding hydrogens is 406 g/mol. The molecular formula is C22H19NO4S2. The van der Waals surface area contributed by atoms with Gasteiger partial charge in [0.2, 0.25) is 0 Å². The Balaban J connectivity index is 1.99. The zero-order valence-corrected chi connectivity index (χ0v) is 17.5. The Morgan fingerprint density at radius 1 is 0.655 bits per heavy atom. The molecule has 0 radical (unpaired) electrons. The normalized spacial score (nSPS) is 12.3. The van der Waals surface area contributed by atoms with E-state index in [-0.39, 0.29) is 9.79 Å². The van der Waals surface area contributed by atoms with E-state index in [0.29, 0.717) is 0 Å². The van der Waals surface area contributed by atoms with Gasteiger partial charge in [-0.05, 0) is 54.1 Å². The molecule has 29 heavy (non-hydrogen) atoms. The molecule has 0 spiro atoms. The fraction of sp³-hybridized carbons (Fsp3) is 0.0909. The van der Waals surface area contributed by atoms with Gasteiger partial charge >= 0.3 is 0 Å². The Morgan fingerprint density at radius 3 is 1.83 bits per heavy atom. The number of hydrogen-bond donors (Lipinski definition) is 0. The Hall–Kier alpha value is -2.90. The van der Waals surface area contributed by atoms with Crippen molar-refractivity contribution < 1.29 is 16.8 Å². The first-order valence-electron chi connectivity index (χ1n) is 8.86. The van der Waals surface area contributed by atoms with Crippen LogP contribution in [-0.2, 0) is 19.7 Å². The third kappa shape index (κ3) is 3.71. The minimum absolute atomic E-state index is 0.253. The van der Waals surface area contributed by atoms with Crippen molar-refractivity contribution >= 4 is 30.6 Å². The maximum atomic E-state index is 12.0. The average Bonchev–Trinajstić information content (AvgIpc) is 3.06. The van der Waals surface area contributed by atoms with E-state index in [2.05, 4.69) is 0 Å². The number of rotatable bonds is 4. The molecule has 1 aromatic heterocycles. The maximum Gasteiger partial charge on any atom is 0.175 e. The number of hydrogen-bond acceptors (Lipinski definition) is 4. The first-order chi connectivity index (χ1) is 13.6. The van der Waals surface area contributed by atoms with Gasteiger partial charge < -0.3 is 4.57 Å². The highest BCUT2D eigenvalue weighted by molar-refractivity contribution is 7.91. The van der Waals surface area contributed by atoms with E-state index in [1.807, 2.05) is 41.0 Å². The minimum Gasteiger partial charge on any atom is -0.309 e. The smallest absolute Gasteiger partial charge is 0.175 e. The van der Waals surface area contributed by atoms with Crippen molar-refractivity contribution in [2.45, 2.75) is 9.79 Å². The first-order valence-corrected chi connectivity index (χ1v) is 12.6. The Labute approximate surface area is 170 Å². The van der Waals surface area contributed by atoms with Gasteiger partial charge in [-0.25, -0.2) is 16.8 Å². The molecule has 0 bridgehead atoms. The van der Waals surface area contributed by atoms with Crippen molar-refractivity contribution in [2.24, 2.45) is 0 Å². The van der Waals surface area contributed by atoms with Crippen LogP contribution in [0.25, 0.3) is 27.8 Å². The third-order valence-corrected chi connectivity index (χ3v) is 7.03. The summed E-state index contributed by atoms with van der Waals surface area (Å²) in [5.74, 6) is 0. The van der Waals surface area contributed by atoms with Crippen LogP contribution in [-0.4, -0.2) is 33.9 Å². The van der Waals surface area contributed by atoms with Crippen LogP contribution in [0, 0.1) is 0 Å². The maximum absolute atomic E-state index is 12.0. The summed E-state index contributed by atoms with van der Waals surface area (Å²) < 4.78 is 49.5. The summed E-state index contributed by atoms with van der Waals surface area (Å²) in [7, 11) is -6.61. The summed E-state index contributed by atoms with van der Waals surface area (Å²) in [6, 6.07) is 23.4. The van der Waals surface area contributed by atoms with Gasteiger partial charge in [0.25, 0.3) is 0 Å². The molecule has 4 aromatic rings. The second-order valence-corrected chi connectivity index (χ2v) is 11.0. The lowest BCUT2D eigenvalue weighted by Gasteiger charge is -2.12. The molecule has 0 aliphatic carbocycles. The number of fused-ring (bicyclic) bond motifs is 1. The summed E-state index contributed by atoms with van der Waals surface area (Å²) in [6.07, 6.45) is 2.36. The van der Waals surface area contributed by atoms with E-state index < -0.39 is 19.7 Å². The number of aromatic nitrogens is 1. The van der Waals surface area contributed by atoms with Gasteiger partial charge in [0, 0.05) is 23.6 Å². The Morgan fingerprint density at radius 2 is 1.24 bits per heavy atom. The molecule has 0 aliphatic rings. The van der Waals surface area contributed by atoms with Crippen molar-refractivity contribution in [3.63, 3.8) is 0 Å². The van der Waals surface area contributed by atoms with Crippen molar-refractivity contribution in [1.82, 2.24) is 4.57 Å². The van der Waals surface area contributed by atoms with Crippen LogP contribution in [0.2, 0.25) is 0 Å². The van der Waals surface area contributed by atoms with Gasteiger partial charge in [-0.1, -0.05) is 30.3 Å². The van der Waals surface area contributed by atoms with Gasteiger partial charge in [-0.2, -0.15) is 0 Å². The zero-order chi connectivity index (χ0) is 20.8. The molecule has 7 heteroatoms. The molecule has 0 fully saturated rings. The summed E-state index contributed by atoms with van der Waals surface area (Å²) in [4.78, 5) is 0.511. The van der Waals surface area contributed by atoms with Crippen molar-refractivity contribution in [1.29, 1.82) is 0 Å². The van der Waals surface area contributed by atoms with Crippen molar-refractivity contribution in [3.05, 3.63) is 78.9 Å². The second kappa shape index (κ2) is 6.86. The van der Waals surface area contributed by atoms with Crippen LogP contribution in [0.3, 0.4) is 0 Å². The van der Waals surface area contributed by atoms with Crippen LogP contribution in [0.5, 0.6) is 0 Å². The fourth-order valence-electron chi connectivity index (χ4n) is 3.36. The predicted molar refractivity (Wildman–Crippen MR) is 115 cm³/mol. The van der Waals surface area contributed by atoms with Gasteiger partial charge in [0.15, 0.2) is 19.7 Å². The molecule has 0 atom stereocenters. The molecule has 5 nitrogen and oxygen atoms in total. The van der Waals surface area contributed by atoms with Gasteiger partial charge in [0.1, 0.15) is 0 Å². The highest BCUT2D eigenvalue weighted by Crippen LogP contribution is 2.33. The molecule has 1 heterocycles. The summed E-state index contributed by atoms with van der Waals surface area (Å²) in [5, 5.41) is 0.791. The van der Waals surface area contributed by atoms with Gasteiger partial charge in [-0.15, -0.1) is 0 Å². The first kappa shape index (κ1) is 19.4. The highest BCUT2D eigenvalue weighted by atomic mass is 32.2. The van der Waals surface area contributed by atoms with Crippen LogP contribution >= 0.6 is 0 Å². The summed E-state index contributed by atoms with van der Waals surface area (Å²) in [6.45, 7) is 0. The van der Waals surface area contributed by atoms with Crippen LogP contribution < -0.4 is 0 Å². The molecule has 0 unspecified atom stereocenters. The van der Waals surface area contributed by atoms with Crippen LogP contribution in [0.15, 0.2) is 88.7 Å². The SMILES string of the molecule is CS(=O)(=O)c1ccc(-c2cc3cc(S(C)(=O)=O)ccc3n2-c2ccccc2)cc1.